The lowest BCUT2D eigenvalue weighted by Crippen LogP contribution is -2.58. The zero-order valence-electron chi connectivity index (χ0n) is 21.5. The summed E-state index contributed by atoms with van der Waals surface area (Å²) in [5.74, 6) is -4.69. The molecule has 4 amide bonds. The number of aliphatic carboxylic acids is 1. The number of carbonyl (C=O) groups excluding carboxylic acids is 4. The van der Waals surface area contributed by atoms with E-state index >= 15 is 0 Å². The maximum atomic E-state index is 13.1. The third kappa shape index (κ3) is 11.7. The van der Waals surface area contributed by atoms with Gasteiger partial charge in [0, 0.05) is 31.3 Å². The van der Waals surface area contributed by atoms with E-state index in [2.05, 4.69) is 30.9 Å². The molecule has 4 unspecified atom stereocenters. The molecule has 38 heavy (non-hydrogen) atoms. The number of nitrogens with zero attached hydrogens (tertiary/aromatic N) is 2. The van der Waals surface area contributed by atoms with Crippen molar-refractivity contribution >= 4 is 35.6 Å². The number of nitrogens with one attached hydrogen (secondary N) is 4. The van der Waals surface area contributed by atoms with Gasteiger partial charge in [-0.1, -0.05) is 13.8 Å². The topological polar surface area (TPSA) is 287 Å². The van der Waals surface area contributed by atoms with E-state index in [0.29, 0.717) is 5.69 Å². The molecule has 0 aromatic carbocycles. The highest BCUT2D eigenvalue weighted by Gasteiger charge is 2.31. The number of aromatic nitrogens is 2. The van der Waals surface area contributed by atoms with E-state index in [9.17, 15) is 29.1 Å². The minimum absolute atomic E-state index is 0.0502. The van der Waals surface area contributed by atoms with Crippen LogP contribution in [-0.4, -0.2) is 81.3 Å². The maximum Gasteiger partial charge on any atom is 0.326 e. The number of aliphatic imine (C=N–C) groups is 1. The second kappa shape index (κ2) is 15.8. The van der Waals surface area contributed by atoms with Crippen LogP contribution < -0.4 is 38.9 Å². The third-order valence-corrected chi connectivity index (χ3v) is 5.45. The van der Waals surface area contributed by atoms with Gasteiger partial charge in [0.1, 0.15) is 18.1 Å². The molecule has 1 aromatic heterocycles. The predicted molar refractivity (Wildman–Crippen MR) is 137 cm³/mol. The zero-order chi connectivity index (χ0) is 28.8. The summed E-state index contributed by atoms with van der Waals surface area (Å²) < 4.78 is 0. The van der Waals surface area contributed by atoms with E-state index in [4.69, 9.17) is 22.9 Å². The van der Waals surface area contributed by atoms with Crippen LogP contribution in [0.4, 0.5) is 0 Å². The molecule has 0 saturated heterocycles. The van der Waals surface area contributed by atoms with Gasteiger partial charge in [0.2, 0.25) is 23.6 Å². The first-order chi connectivity index (χ1) is 17.8. The Kier molecular flexibility index (Phi) is 13.2. The molecule has 0 aliphatic rings. The molecule has 16 heteroatoms. The fourth-order valence-electron chi connectivity index (χ4n) is 3.37. The highest BCUT2D eigenvalue weighted by molar-refractivity contribution is 5.94. The van der Waals surface area contributed by atoms with E-state index < -0.39 is 53.8 Å². The lowest BCUT2D eigenvalue weighted by molar-refractivity contribution is -0.142. The minimum atomic E-state index is -1.41. The molecule has 0 aliphatic heterocycles. The van der Waals surface area contributed by atoms with Crippen LogP contribution >= 0.6 is 0 Å². The largest absolute Gasteiger partial charge is 0.480 e. The fourth-order valence-corrected chi connectivity index (χ4v) is 3.37. The number of hydrogen-bond acceptors (Lipinski definition) is 8. The number of carbonyl (C=O) groups is 5. The van der Waals surface area contributed by atoms with Crippen molar-refractivity contribution in [2.75, 3.05) is 6.54 Å². The van der Waals surface area contributed by atoms with E-state index in [1.807, 2.05) is 0 Å². The number of nitrogens with two attached hydrogens (primary N) is 4. The Morgan fingerprint density at radius 1 is 1.00 bits per heavy atom. The first-order valence-corrected chi connectivity index (χ1v) is 12.0. The number of imidazole rings is 1. The summed E-state index contributed by atoms with van der Waals surface area (Å²) in [6.45, 7) is 3.55. The number of primary amides is 1. The Morgan fingerprint density at radius 2 is 1.66 bits per heavy atom. The standard InChI is InChI=1S/C22H38N10O6/c1-11(2)17(32-18(34)13(23)8-12-9-27-10-29-12)20(36)30-14(4-3-7-28-22(25)26)19(35)31-15(21(37)38)5-6-16(24)33/h9-11,13-15,17H,3-8,23H2,1-2H3,(H2,24,33)(H,27,29)(H,30,36)(H,31,35)(H,32,34)(H,37,38)(H4,25,26,28). The molecular weight excluding hydrogens is 500 g/mol. The average molecular weight is 539 g/mol. The Hall–Kier alpha value is -4.21. The molecule has 0 saturated carbocycles. The number of aromatic amines is 1. The van der Waals surface area contributed by atoms with Gasteiger partial charge in [-0.25, -0.2) is 9.78 Å². The van der Waals surface area contributed by atoms with Crippen LogP contribution in [0, 0.1) is 5.92 Å². The Bertz CT molecular complexity index is 977. The molecule has 0 fully saturated rings. The number of rotatable bonds is 17. The van der Waals surface area contributed by atoms with Crippen LogP contribution in [0.2, 0.25) is 0 Å². The Labute approximate surface area is 219 Å². The van der Waals surface area contributed by atoms with Crippen molar-refractivity contribution in [3.63, 3.8) is 0 Å². The number of hydrogen-bond donors (Lipinski definition) is 9. The average Bonchev–Trinajstić information content (AvgIpc) is 3.33. The van der Waals surface area contributed by atoms with E-state index in [1.165, 1.54) is 12.5 Å². The SMILES string of the molecule is CC(C)C(NC(=O)C(N)Cc1cnc[nH]1)C(=O)NC(CCCN=C(N)N)C(=O)NC(CCC(N)=O)C(=O)O. The number of carboxylic acid groups (broad SMARTS) is 1. The van der Waals surface area contributed by atoms with Crippen LogP contribution in [0.25, 0.3) is 0 Å². The molecule has 16 nitrogen and oxygen atoms in total. The van der Waals surface area contributed by atoms with Gasteiger partial charge < -0.3 is 49.0 Å². The quantitative estimate of drug-likeness (QED) is 0.0543. The smallest absolute Gasteiger partial charge is 0.326 e. The molecular formula is C22H38N10O6. The van der Waals surface area contributed by atoms with Gasteiger partial charge in [-0.2, -0.15) is 0 Å². The second-order valence-electron chi connectivity index (χ2n) is 9.03. The molecule has 4 atom stereocenters. The summed E-state index contributed by atoms with van der Waals surface area (Å²) in [5, 5.41) is 16.9. The van der Waals surface area contributed by atoms with Gasteiger partial charge in [0.05, 0.1) is 12.4 Å². The van der Waals surface area contributed by atoms with Gasteiger partial charge in [-0.3, -0.25) is 24.2 Å². The number of carboxylic acids is 1. The van der Waals surface area contributed by atoms with Crippen LogP contribution in [0.5, 0.6) is 0 Å². The van der Waals surface area contributed by atoms with Crippen molar-refractivity contribution in [2.45, 2.75) is 70.1 Å². The number of amides is 4. The first kappa shape index (κ1) is 31.8. The van der Waals surface area contributed by atoms with E-state index in [-0.39, 0.29) is 50.5 Å². The second-order valence-corrected chi connectivity index (χ2v) is 9.03. The van der Waals surface area contributed by atoms with Crippen molar-refractivity contribution in [1.82, 2.24) is 25.9 Å². The molecule has 0 spiro atoms. The van der Waals surface area contributed by atoms with Gasteiger partial charge in [-0.15, -0.1) is 0 Å². The van der Waals surface area contributed by atoms with Gasteiger partial charge in [-0.05, 0) is 25.2 Å². The van der Waals surface area contributed by atoms with Crippen molar-refractivity contribution < 1.29 is 29.1 Å². The van der Waals surface area contributed by atoms with E-state index in [0.717, 1.165) is 0 Å². The summed E-state index contributed by atoms with van der Waals surface area (Å²) in [7, 11) is 0. The first-order valence-electron chi connectivity index (χ1n) is 12.0. The molecule has 1 rings (SSSR count). The third-order valence-electron chi connectivity index (χ3n) is 5.45. The van der Waals surface area contributed by atoms with Crippen molar-refractivity contribution in [3.8, 4) is 0 Å². The number of guanidine groups is 1. The van der Waals surface area contributed by atoms with Crippen molar-refractivity contribution in [2.24, 2.45) is 33.8 Å². The van der Waals surface area contributed by atoms with Crippen molar-refractivity contribution in [3.05, 3.63) is 18.2 Å². The highest BCUT2D eigenvalue weighted by atomic mass is 16.4. The summed E-state index contributed by atoms with van der Waals surface area (Å²) in [4.78, 5) is 71.9. The molecule has 0 radical (unpaired) electrons. The van der Waals surface area contributed by atoms with Gasteiger partial charge in [0.25, 0.3) is 0 Å². The summed E-state index contributed by atoms with van der Waals surface area (Å²) in [5.41, 5.74) is 22.3. The van der Waals surface area contributed by atoms with Gasteiger partial charge in [0.15, 0.2) is 5.96 Å². The molecule has 0 aliphatic carbocycles. The Balaban J connectivity index is 2.97. The molecule has 212 valence electrons. The molecule has 1 heterocycles. The zero-order valence-corrected chi connectivity index (χ0v) is 21.5. The van der Waals surface area contributed by atoms with Gasteiger partial charge >= 0.3 is 5.97 Å². The minimum Gasteiger partial charge on any atom is -0.480 e. The molecule has 0 bridgehead atoms. The predicted octanol–water partition coefficient (Wildman–Crippen LogP) is -3.21. The van der Waals surface area contributed by atoms with Crippen molar-refractivity contribution in [1.29, 1.82) is 0 Å². The Morgan fingerprint density at radius 3 is 2.18 bits per heavy atom. The van der Waals surface area contributed by atoms with Crippen LogP contribution in [0.3, 0.4) is 0 Å². The molecule has 13 N–H and O–H groups in total. The maximum absolute atomic E-state index is 13.1. The summed E-state index contributed by atoms with van der Waals surface area (Å²) in [6.07, 6.45) is 2.96. The molecule has 1 aromatic rings. The van der Waals surface area contributed by atoms with Crippen LogP contribution in [0.1, 0.15) is 45.2 Å². The normalized spacial score (nSPS) is 14.0. The van der Waals surface area contributed by atoms with Crippen LogP contribution in [-0.2, 0) is 30.4 Å². The van der Waals surface area contributed by atoms with Crippen LogP contribution in [0.15, 0.2) is 17.5 Å². The number of H-pyrrole nitrogens is 1. The van der Waals surface area contributed by atoms with E-state index in [1.54, 1.807) is 13.8 Å². The lowest BCUT2D eigenvalue weighted by Gasteiger charge is -2.27. The summed E-state index contributed by atoms with van der Waals surface area (Å²) in [6, 6.07) is -4.62. The summed E-state index contributed by atoms with van der Waals surface area (Å²) >= 11 is 0. The monoisotopic (exact) mass is 538 g/mol. The lowest BCUT2D eigenvalue weighted by atomic mass is 10.0. The fraction of sp³-hybridized carbons (Fsp3) is 0.591. The highest BCUT2D eigenvalue weighted by Crippen LogP contribution is 2.08.